The Kier molecular flexibility index (Phi) is 4.36. The Morgan fingerprint density at radius 1 is 1.00 bits per heavy atom. The van der Waals surface area contributed by atoms with Gasteiger partial charge < -0.3 is 5.32 Å². The molecule has 5 rings (SSSR count). The Labute approximate surface area is 172 Å². The first-order chi connectivity index (χ1) is 14.4. The number of benzene rings is 1. The van der Waals surface area contributed by atoms with Crippen molar-refractivity contribution in [1.82, 2.24) is 15.5 Å². The van der Waals surface area contributed by atoms with Crippen molar-refractivity contribution in [3.05, 3.63) is 40.7 Å². The predicted molar refractivity (Wildman–Crippen MR) is 105 cm³/mol. The number of rotatable bonds is 2. The molecule has 8 heteroatoms. The molecule has 2 saturated heterocycles. The molecule has 0 aromatic heterocycles. The lowest BCUT2D eigenvalue weighted by Gasteiger charge is -2.34. The molecule has 1 spiro atoms. The number of hydrogen-bond acceptors (Lipinski definition) is 5. The van der Waals surface area contributed by atoms with E-state index in [2.05, 4.69) is 16.7 Å². The second kappa shape index (κ2) is 6.84. The molecule has 156 valence electrons. The van der Waals surface area contributed by atoms with Gasteiger partial charge in [0, 0.05) is 12.0 Å². The topological polar surface area (TPSA) is 95.6 Å². The molecule has 0 radical (unpaired) electrons. The van der Waals surface area contributed by atoms with E-state index in [9.17, 15) is 23.6 Å². The van der Waals surface area contributed by atoms with E-state index in [-0.39, 0.29) is 29.4 Å². The van der Waals surface area contributed by atoms with Gasteiger partial charge in [-0.2, -0.15) is 0 Å². The van der Waals surface area contributed by atoms with Gasteiger partial charge in [-0.15, -0.1) is 0 Å². The number of nitrogens with zero attached hydrogens (tertiary/aromatic N) is 1. The summed E-state index contributed by atoms with van der Waals surface area (Å²) < 4.78 is 15.0. The minimum atomic E-state index is -1.05. The smallest absolute Gasteiger partial charge is 0.262 e. The van der Waals surface area contributed by atoms with E-state index in [0.29, 0.717) is 5.56 Å². The molecule has 30 heavy (non-hydrogen) atoms. The van der Waals surface area contributed by atoms with Gasteiger partial charge in [0.15, 0.2) is 0 Å². The van der Waals surface area contributed by atoms with Gasteiger partial charge in [-0.3, -0.25) is 29.4 Å². The van der Waals surface area contributed by atoms with E-state index in [4.69, 9.17) is 0 Å². The van der Waals surface area contributed by atoms with Crippen molar-refractivity contribution >= 4 is 29.2 Å². The van der Waals surface area contributed by atoms with E-state index >= 15 is 0 Å². The van der Waals surface area contributed by atoms with Crippen molar-refractivity contribution in [3.8, 4) is 0 Å². The normalized spacial score (nSPS) is 25.6. The summed E-state index contributed by atoms with van der Waals surface area (Å²) in [4.78, 5) is 50.3. The van der Waals surface area contributed by atoms with Gasteiger partial charge in [0.05, 0.1) is 11.1 Å². The third kappa shape index (κ3) is 2.89. The number of imide groups is 2. The van der Waals surface area contributed by atoms with Crippen LogP contribution in [0.15, 0.2) is 18.2 Å². The fourth-order valence-electron chi connectivity index (χ4n) is 5.17. The van der Waals surface area contributed by atoms with Crippen LogP contribution < -0.4 is 10.6 Å². The van der Waals surface area contributed by atoms with Gasteiger partial charge in [-0.1, -0.05) is 6.08 Å². The van der Waals surface area contributed by atoms with Crippen LogP contribution in [0.25, 0.3) is 5.57 Å². The summed E-state index contributed by atoms with van der Waals surface area (Å²) in [6.07, 6.45) is 5.87. The van der Waals surface area contributed by atoms with E-state index in [0.717, 1.165) is 55.3 Å². The summed E-state index contributed by atoms with van der Waals surface area (Å²) >= 11 is 0. The first-order valence-electron chi connectivity index (χ1n) is 10.3. The second-order valence-corrected chi connectivity index (χ2v) is 8.69. The molecule has 3 aliphatic heterocycles. The summed E-state index contributed by atoms with van der Waals surface area (Å²) in [7, 11) is 0. The fraction of sp³-hybridized carbons (Fsp3) is 0.455. The number of carbonyl (C=O) groups is 4. The van der Waals surface area contributed by atoms with Crippen molar-refractivity contribution < 1.29 is 23.6 Å². The van der Waals surface area contributed by atoms with Gasteiger partial charge in [-0.25, -0.2) is 4.39 Å². The van der Waals surface area contributed by atoms with Crippen molar-refractivity contribution in [2.45, 2.75) is 44.6 Å². The van der Waals surface area contributed by atoms with Gasteiger partial charge in [0.25, 0.3) is 11.8 Å². The lowest BCUT2D eigenvalue weighted by atomic mass is 9.75. The number of allylic oxidation sites excluding steroid dienone is 2. The highest BCUT2D eigenvalue weighted by molar-refractivity contribution is 6.23. The maximum atomic E-state index is 15.0. The van der Waals surface area contributed by atoms with Gasteiger partial charge >= 0.3 is 0 Å². The Bertz CT molecular complexity index is 1030. The number of nitrogens with one attached hydrogen (secondary N) is 2. The first-order valence-corrected chi connectivity index (χ1v) is 10.3. The van der Waals surface area contributed by atoms with Gasteiger partial charge in [0.1, 0.15) is 11.9 Å². The zero-order valence-electron chi connectivity index (χ0n) is 16.4. The maximum absolute atomic E-state index is 15.0. The molecule has 1 aromatic carbocycles. The molecule has 3 heterocycles. The molecule has 4 aliphatic rings. The van der Waals surface area contributed by atoms with Crippen LogP contribution in [-0.2, 0) is 9.59 Å². The molecule has 1 unspecified atom stereocenters. The third-order valence-electron chi connectivity index (χ3n) is 6.88. The van der Waals surface area contributed by atoms with Crippen molar-refractivity contribution in [2.75, 3.05) is 13.1 Å². The Balaban J connectivity index is 1.45. The zero-order chi connectivity index (χ0) is 21.0. The van der Waals surface area contributed by atoms with Crippen LogP contribution >= 0.6 is 0 Å². The SMILES string of the molecule is O=C1CCC(N2C(=O)c3cc(F)c(C4=CCC5(CCNCC5)C4)cc3C2=O)C(=O)N1. The Morgan fingerprint density at radius 2 is 1.70 bits per heavy atom. The highest BCUT2D eigenvalue weighted by atomic mass is 19.1. The number of hydrogen-bond donors (Lipinski definition) is 2. The molecule has 7 nitrogen and oxygen atoms in total. The molecule has 1 atom stereocenters. The Hall–Kier alpha value is -2.87. The molecule has 2 fully saturated rings. The van der Waals surface area contributed by atoms with E-state index in [1.54, 1.807) is 0 Å². The standard InChI is InChI=1S/C22H22FN3O4/c23-16-10-15-14(9-13(16)12-3-4-22(11-12)5-7-24-8-6-22)20(29)26(21(15)30)17-1-2-18(27)25-19(17)28/h3,9-10,17,24H,1-2,4-8,11H2,(H,25,27,28). The molecule has 4 amide bonds. The van der Waals surface area contributed by atoms with E-state index in [1.165, 1.54) is 6.07 Å². The molecule has 1 aromatic rings. The van der Waals surface area contributed by atoms with Crippen LogP contribution in [0, 0.1) is 11.2 Å². The van der Waals surface area contributed by atoms with Crippen molar-refractivity contribution in [2.24, 2.45) is 5.41 Å². The van der Waals surface area contributed by atoms with Crippen LogP contribution in [0.4, 0.5) is 4.39 Å². The van der Waals surface area contributed by atoms with Crippen LogP contribution in [0.5, 0.6) is 0 Å². The monoisotopic (exact) mass is 411 g/mol. The Morgan fingerprint density at radius 3 is 2.40 bits per heavy atom. The quantitative estimate of drug-likeness (QED) is 0.724. The minimum Gasteiger partial charge on any atom is -0.317 e. The van der Waals surface area contributed by atoms with Crippen LogP contribution in [-0.4, -0.2) is 47.7 Å². The van der Waals surface area contributed by atoms with E-state index in [1.807, 2.05) is 0 Å². The first kappa shape index (κ1) is 19.1. The average Bonchev–Trinajstić information content (AvgIpc) is 3.22. The summed E-state index contributed by atoms with van der Waals surface area (Å²) in [5.74, 6) is -2.93. The van der Waals surface area contributed by atoms with Crippen LogP contribution in [0.2, 0.25) is 0 Å². The molecule has 1 aliphatic carbocycles. The number of fused-ring (bicyclic) bond motifs is 1. The third-order valence-corrected chi connectivity index (χ3v) is 6.88. The number of carbonyl (C=O) groups excluding carboxylic acids is 4. The molecule has 0 saturated carbocycles. The highest BCUT2D eigenvalue weighted by Gasteiger charge is 2.45. The number of piperidine rings is 2. The predicted octanol–water partition coefficient (Wildman–Crippen LogP) is 1.77. The lowest BCUT2D eigenvalue weighted by molar-refractivity contribution is -0.136. The van der Waals surface area contributed by atoms with Gasteiger partial charge in [0.2, 0.25) is 11.8 Å². The van der Waals surface area contributed by atoms with Crippen LogP contribution in [0.1, 0.15) is 64.8 Å². The van der Waals surface area contributed by atoms with Crippen molar-refractivity contribution in [3.63, 3.8) is 0 Å². The zero-order valence-corrected chi connectivity index (χ0v) is 16.4. The minimum absolute atomic E-state index is 0.0267. The summed E-state index contributed by atoms with van der Waals surface area (Å²) in [5, 5.41) is 5.51. The maximum Gasteiger partial charge on any atom is 0.262 e. The molecule has 0 bridgehead atoms. The lowest BCUT2D eigenvalue weighted by Crippen LogP contribution is -2.54. The number of amides is 4. The fourth-order valence-corrected chi connectivity index (χ4v) is 5.17. The molecular weight excluding hydrogens is 389 g/mol. The van der Waals surface area contributed by atoms with E-state index < -0.39 is 35.5 Å². The summed E-state index contributed by atoms with van der Waals surface area (Å²) in [6.45, 7) is 1.89. The summed E-state index contributed by atoms with van der Waals surface area (Å²) in [6, 6.07) is 1.53. The average molecular weight is 411 g/mol. The van der Waals surface area contributed by atoms with Crippen LogP contribution in [0.3, 0.4) is 0 Å². The largest absolute Gasteiger partial charge is 0.317 e. The second-order valence-electron chi connectivity index (χ2n) is 8.69. The summed E-state index contributed by atoms with van der Waals surface area (Å²) in [5.41, 5.74) is 1.46. The highest BCUT2D eigenvalue weighted by Crippen LogP contribution is 2.48. The molecule has 2 N–H and O–H groups in total. The molecular formula is C22H22FN3O4. The number of halogens is 1. The van der Waals surface area contributed by atoms with Gasteiger partial charge in [-0.05, 0) is 68.3 Å². The van der Waals surface area contributed by atoms with Crippen molar-refractivity contribution in [1.29, 1.82) is 0 Å².